The maximum atomic E-state index is 11.4. The van der Waals surface area contributed by atoms with Gasteiger partial charge in [-0.05, 0) is 29.3 Å². The lowest BCUT2D eigenvalue weighted by Crippen LogP contribution is -2.14. The molecular weight excluding hydrogens is 250 g/mol. The van der Waals surface area contributed by atoms with Gasteiger partial charge in [-0.3, -0.25) is 4.79 Å². The van der Waals surface area contributed by atoms with E-state index in [0.717, 1.165) is 0 Å². The normalized spacial score (nSPS) is 12.1. The van der Waals surface area contributed by atoms with Crippen LogP contribution in [0.5, 0.6) is 0 Å². The highest BCUT2D eigenvalue weighted by Crippen LogP contribution is 2.29. The van der Waals surface area contributed by atoms with Crippen LogP contribution in [0.3, 0.4) is 0 Å². The minimum Gasteiger partial charge on any atom is -0.481 e. The van der Waals surface area contributed by atoms with Crippen molar-refractivity contribution in [2.45, 2.75) is 5.92 Å². The molecule has 3 nitrogen and oxygen atoms in total. The van der Waals surface area contributed by atoms with Crippen LogP contribution in [-0.2, 0) is 4.79 Å². The van der Waals surface area contributed by atoms with Crippen molar-refractivity contribution in [3.05, 3.63) is 64.7 Å². The van der Waals surface area contributed by atoms with Gasteiger partial charge in [0, 0.05) is 10.7 Å². The van der Waals surface area contributed by atoms with Crippen LogP contribution in [0.2, 0.25) is 5.02 Å². The monoisotopic (exact) mass is 261 g/mol. The Morgan fingerprint density at radius 2 is 1.72 bits per heavy atom. The number of nitrogens with two attached hydrogens (primary N) is 1. The number of anilines is 1. The van der Waals surface area contributed by atoms with E-state index in [0.29, 0.717) is 21.8 Å². The summed E-state index contributed by atoms with van der Waals surface area (Å²) >= 11 is 5.80. The first-order chi connectivity index (χ1) is 8.59. The SMILES string of the molecule is Nc1ccccc1C(C(=O)O)c1ccc(Cl)cc1. The summed E-state index contributed by atoms with van der Waals surface area (Å²) in [4.78, 5) is 11.4. The molecule has 0 radical (unpaired) electrons. The number of halogens is 1. The fraction of sp³-hybridized carbons (Fsp3) is 0.0714. The number of nitrogen functional groups attached to an aromatic ring is 1. The quantitative estimate of drug-likeness (QED) is 0.835. The zero-order valence-corrected chi connectivity index (χ0v) is 10.3. The summed E-state index contributed by atoms with van der Waals surface area (Å²) in [5.41, 5.74) is 7.56. The number of carboxylic acid groups (broad SMARTS) is 1. The smallest absolute Gasteiger partial charge is 0.315 e. The highest BCUT2D eigenvalue weighted by atomic mass is 35.5. The number of para-hydroxylation sites is 1. The lowest BCUT2D eigenvalue weighted by atomic mass is 9.90. The molecule has 4 heteroatoms. The van der Waals surface area contributed by atoms with Crippen molar-refractivity contribution in [2.75, 3.05) is 5.73 Å². The number of hydrogen-bond acceptors (Lipinski definition) is 2. The zero-order valence-electron chi connectivity index (χ0n) is 9.51. The van der Waals surface area contributed by atoms with Crippen LogP contribution in [0.25, 0.3) is 0 Å². The molecule has 0 heterocycles. The average molecular weight is 262 g/mol. The van der Waals surface area contributed by atoms with Gasteiger partial charge in [0.2, 0.25) is 0 Å². The van der Waals surface area contributed by atoms with Crippen LogP contribution in [0, 0.1) is 0 Å². The van der Waals surface area contributed by atoms with Gasteiger partial charge in [0.05, 0.1) is 0 Å². The molecule has 2 aromatic carbocycles. The summed E-state index contributed by atoms with van der Waals surface area (Å²) in [6.45, 7) is 0. The van der Waals surface area contributed by atoms with Gasteiger partial charge in [-0.2, -0.15) is 0 Å². The molecule has 0 aliphatic rings. The summed E-state index contributed by atoms with van der Waals surface area (Å²) < 4.78 is 0. The molecule has 92 valence electrons. The molecule has 0 spiro atoms. The Balaban J connectivity index is 2.50. The molecule has 1 unspecified atom stereocenters. The molecule has 2 aromatic rings. The molecule has 0 amide bonds. The first-order valence-corrected chi connectivity index (χ1v) is 5.80. The Hall–Kier alpha value is -2.00. The number of rotatable bonds is 3. The van der Waals surface area contributed by atoms with E-state index in [9.17, 15) is 9.90 Å². The van der Waals surface area contributed by atoms with Crippen LogP contribution in [0.4, 0.5) is 5.69 Å². The summed E-state index contributed by atoms with van der Waals surface area (Å²) in [6.07, 6.45) is 0. The van der Waals surface area contributed by atoms with Gasteiger partial charge in [0.25, 0.3) is 0 Å². The van der Waals surface area contributed by atoms with Gasteiger partial charge in [-0.1, -0.05) is 41.9 Å². The number of hydrogen-bond donors (Lipinski definition) is 2. The fourth-order valence-electron chi connectivity index (χ4n) is 1.88. The van der Waals surface area contributed by atoms with Crippen LogP contribution >= 0.6 is 11.6 Å². The van der Waals surface area contributed by atoms with Crippen LogP contribution in [0.15, 0.2) is 48.5 Å². The number of carboxylic acids is 1. The highest BCUT2D eigenvalue weighted by Gasteiger charge is 2.23. The summed E-state index contributed by atoms with van der Waals surface area (Å²) in [7, 11) is 0. The van der Waals surface area contributed by atoms with Gasteiger partial charge >= 0.3 is 5.97 Å². The minimum absolute atomic E-state index is 0.472. The molecule has 1 atom stereocenters. The third-order valence-electron chi connectivity index (χ3n) is 2.76. The van der Waals surface area contributed by atoms with Gasteiger partial charge in [-0.15, -0.1) is 0 Å². The molecule has 0 bridgehead atoms. The van der Waals surface area contributed by atoms with E-state index in [1.54, 1.807) is 48.5 Å². The Morgan fingerprint density at radius 3 is 2.28 bits per heavy atom. The van der Waals surface area contributed by atoms with Gasteiger partial charge < -0.3 is 10.8 Å². The van der Waals surface area contributed by atoms with E-state index >= 15 is 0 Å². The van der Waals surface area contributed by atoms with Crippen molar-refractivity contribution in [1.82, 2.24) is 0 Å². The second-order valence-corrected chi connectivity index (χ2v) is 4.39. The van der Waals surface area contributed by atoms with E-state index in [1.165, 1.54) is 0 Å². The van der Waals surface area contributed by atoms with Crippen molar-refractivity contribution in [3.63, 3.8) is 0 Å². The molecule has 0 aliphatic heterocycles. The van der Waals surface area contributed by atoms with E-state index in [2.05, 4.69) is 0 Å². The van der Waals surface area contributed by atoms with E-state index in [4.69, 9.17) is 17.3 Å². The first kappa shape index (κ1) is 12.5. The van der Waals surface area contributed by atoms with Gasteiger partial charge in [0.1, 0.15) is 5.92 Å². The molecule has 0 saturated carbocycles. The van der Waals surface area contributed by atoms with Crippen molar-refractivity contribution >= 4 is 23.3 Å². The fourth-order valence-corrected chi connectivity index (χ4v) is 2.01. The van der Waals surface area contributed by atoms with E-state index in [-0.39, 0.29) is 0 Å². The predicted octanol–water partition coefficient (Wildman–Crippen LogP) is 3.14. The number of carbonyl (C=O) groups is 1. The van der Waals surface area contributed by atoms with E-state index < -0.39 is 11.9 Å². The minimum atomic E-state index is -0.935. The third kappa shape index (κ3) is 2.46. The Morgan fingerprint density at radius 1 is 1.11 bits per heavy atom. The zero-order chi connectivity index (χ0) is 13.1. The topological polar surface area (TPSA) is 63.3 Å². The van der Waals surface area contributed by atoms with Crippen LogP contribution in [-0.4, -0.2) is 11.1 Å². The Kier molecular flexibility index (Phi) is 3.53. The standard InChI is InChI=1S/C14H12ClNO2/c15-10-7-5-9(6-8-10)13(14(17)18)11-3-1-2-4-12(11)16/h1-8,13H,16H2,(H,17,18). The molecule has 0 saturated heterocycles. The lowest BCUT2D eigenvalue weighted by Gasteiger charge is -2.15. The van der Waals surface area contributed by atoms with Gasteiger partial charge in [-0.25, -0.2) is 0 Å². The van der Waals surface area contributed by atoms with Crippen molar-refractivity contribution < 1.29 is 9.90 Å². The summed E-state index contributed by atoms with van der Waals surface area (Å²) in [5, 5.41) is 9.96. The van der Waals surface area contributed by atoms with Gasteiger partial charge in [0.15, 0.2) is 0 Å². The maximum absolute atomic E-state index is 11.4. The Labute approximate surface area is 110 Å². The molecular formula is C14H12ClNO2. The predicted molar refractivity (Wildman–Crippen MR) is 71.8 cm³/mol. The Bertz CT molecular complexity index is 566. The molecule has 18 heavy (non-hydrogen) atoms. The summed E-state index contributed by atoms with van der Waals surface area (Å²) in [5.74, 6) is -1.71. The second-order valence-electron chi connectivity index (χ2n) is 3.95. The third-order valence-corrected chi connectivity index (χ3v) is 3.01. The first-order valence-electron chi connectivity index (χ1n) is 5.42. The van der Waals surface area contributed by atoms with Crippen LogP contribution in [0.1, 0.15) is 17.0 Å². The lowest BCUT2D eigenvalue weighted by molar-refractivity contribution is -0.137. The molecule has 0 aliphatic carbocycles. The van der Waals surface area contributed by atoms with Crippen molar-refractivity contribution in [3.8, 4) is 0 Å². The molecule has 2 rings (SSSR count). The second kappa shape index (κ2) is 5.10. The average Bonchev–Trinajstić information content (AvgIpc) is 2.34. The van der Waals surface area contributed by atoms with Crippen LogP contribution < -0.4 is 5.73 Å². The molecule has 3 N–H and O–H groups in total. The molecule has 0 aromatic heterocycles. The number of aliphatic carboxylic acids is 1. The van der Waals surface area contributed by atoms with Crippen molar-refractivity contribution in [1.29, 1.82) is 0 Å². The highest BCUT2D eigenvalue weighted by molar-refractivity contribution is 6.30. The molecule has 0 fully saturated rings. The summed E-state index contributed by atoms with van der Waals surface area (Å²) in [6, 6.07) is 13.7. The largest absolute Gasteiger partial charge is 0.481 e. The maximum Gasteiger partial charge on any atom is 0.315 e. The number of benzene rings is 2. The van der Waals surface area contributed by atoms with Crippen molar-refractivity contribution in [2.24, 2.45) is 0 Å². The van der Waals surface area contributed by atoms with E-state index in [1.807, 2.05) is 0 Å².